The number of nitrogens with one attached hydrogen (secondary N) is 1. The molecule has 1 N–H and O–H groups in total. The lowest BCUT2D eigenvalue weighted by Crippen LogP contribution is -2.07. The number of aromatic nitrogens is 2. The van der Waals surface area contributed by atoms with Gasteiger partial charge in [0.2, 0.25) is 0 Å². The monoisotopic (exact) mass is 195 g/mol. The lowest BCUT2D eigenvalue weighted by atomic mass is 10.3. The van der Waals surface area contributed by atoms with Crippen LogP contribution in [0.2, 0.25) is 0 Å². The van der Waals surface area contributed by atoms with Gasteiger partial charge < -0.3 is 10.1 Å². The summed E-state index contributed by atoms with van der Waals surface area (Å²) in [5.41, 5.74) is 0. The van der Waals surface area contributed by atoms with Crippen molar-refractivity contribution in [2.75, 3.05) is 19.0 Å². The van der Waals surface area contributed by atoms with Gasteiger partial charge in [-0.15, -0.1) is 0 Å². The molecule has 0 aliphatic carbocycles. The summed E-state index contributed by atoms with van der Waals surface area (Å²) in [6, 6.07) is 1.86. The molecule has 0 saturated heterocycles. The maximum atomic E-state index is 5.14. The summed E-state index contributed by atoms with van der Waals surface area (Å²) in [5.74, 6) is 1.58. The second kappa shape index (κ2) is 5.54. The van der Waals surface area contributed by atoms with E-state index in [9.17, 15) is 0 Å². The van der Waals surface area contributed by atoms with Gasteiger partial charge >= 0.3 is 0 Å². The summed E-state index contributed by atoms with van der Waals surface area (Å²) in [6.45, 7) is 4.98. The fourth-order valence-corrected chi connectivity index (χ4v) is 1.03. The molecule has 0 bridgehead atoms. The molecule has 1 heterocycles. The molecule has 0 spiro atoms. The van der Waals surface area contributed by atoms with Gasteiger partial charge in [0, 0.05) is 19.9 Å². The molecular formula is C10H17N3O. The van der Waals surface area contributed by atoms with Crippen LogP contribution in [-0.4, -0.2) is 23.6 Å². The number of methoxy groups -OCH3 is 1. The molecule has 0 amide bonds. The summed E-state index contributed by atoms with van der Waals surface area (Å²) < 4.78 is 5.14. The standard InChI is InChI=1S/C10H17N3O/c1-4-6-11-9-5-7-12-10(13-9)8(2)14-3/h5,7-8H,4,6H2,1-3H3,(H,11,12,13). The summed E-state index contributed by atoms with van der Waals surface area (Å²) in [5, 5.41) is 3.21. The van der Waals surface area contributed by atoms with Crippen LogP contribution in [-0.2, 0) is 4.74 Å². The van der Waals surface area contributed by atoms with Gasteiger partial charge in [0.1, 0.15) is 11.9 Å². The molecule has 1 aromatic heterocycles. The second-order valence-corrected chi connectivity index (χ2v) is 3.10. The van der Waals surface area contributed by atoms with Gasteiger partial charge in [-0.05, 0) is 19.4 Å². The highest BCUT2D eigenvalue weighted by Gasteiger charge is 2.06. The molecule has 0 radical (unpaired) electrons. The molecule has 1 atom stereocenters. The molecule has 78 valence electrons. The Hall–Kier alpha value is -1.16. The van der Waals surface area contributed by atoms with E-state index in [1.165, 1.54) is 0 Å². The van der Waals surface area contributed by atoms with E-state index in [0.717, 1.165) is 18.8 Å². The van der Waals surface area contributed by atoms with Gasteiger partial charge in [0.05, 0.1) is 0 Å². The molecule has 0 saturated carbocycles. The normalized spacial score (nSPS) is 12.5. The predicted molar refractivity (Wildman–Crippen MR) is 56.2 cm³/mol. The number of hydrogen-bond acceptors (Lipinski definition) is 4. The maximum Gasteiger partial charge on any atom is 0.159 e. The molecule has 0 aliphatic rings. The summed E-state index contributed by atoms with van der Waals surface area (Å²) in [6.07, 6.45) is 2.77. The topological polar surface area (TPSA) is 47.0 Å². The molecule has 14 heavy (non-hydrogen) atoms. The van der Waals surface area contributed by atoms with Crippen molar-refractivity contribution in [3.63, 3.8) is 0 Å². The highest BCUT2D eigenvalue weighted by molar-refractivity contribution is 5.32. The zero-order valence-electron chi connectivity index (χ0n) is 8.95. The molecule has 4 nitrogen and oxygen atoms in total. The van der Waals surface area contributed by atoms with E-state index in [-0.39, 0.29) is 6.10 Å². The van der Waals surface area contributed by atoms with Crippen molar-refractivity contribution in [1.82, 2.24) is 9.97 Å². The Morgan fingerprint density at radius 3 is 3.00 bits per heavy atom. The molecule has 1 aromatic rings. The minimum absolute atomic E-state index is 0.0571. The zero-order valence-corrected chi connectivity index (χ0v) is 8.95. The van der Waals surface area contributed by atoms with Crippen LogP contribution in [0.15, 0.2) is 12.3 Å². The number of rotatable bonds is 5. The molecule has 1 rings (SSSR count). The first-order valence-corrected chi connectivity index (χ1v) is 4.87. The Labute approximate surface area is 84.7 Å². The second-order valence-electron chi connectivity index (χ2n) is 3.10. The quantitative estimate of drug-likeness (QED) is 0.780. The minimum atomic E-state index is -0.0571. The highest BCUT2D eigenvalue weighted by atomic mass is 16.5. The number of nitrogens with zero attached hydrogens (tertiary/aromatic N) is 2. The van der Waals surface area contributed by atoms with Crippen LogP contribution in [0.1, 0.15) is 32.2 Å². The average molecular weight is 195 g/mol. The first kappa shape index (κ1) is 10.9. The third-order valence-electron chi connectivity index (χ3n) is 1.95. The molecule has 0 aromatic carbocycles. The summed E-state index contributed by atoms with van der Waals surface area (Å²) in [4.78, 5) is 8.48. The fourth-order valence-electron chi connectivity index (χ4n) is 1.03. The van der Waals surface area contributed by atoms with E-state index in [1.54, 1.807) is 13.3 Å². The van der Waals surface area contributed by atoms with Gasteiger partial charge in [0.15, 0.2) is 5.82 Å². The Morgan fingerprint density at radius 2 is 2.36 bits per heavy atom. The zero-order chi connectivity index (χ0) is 10.4. The summed E-state index contributed by atoms with van der Waals surface area (Å²) in [7, 11) is 1.65. The van der Waals surface area contributed by atoms with Crippen molar-refractivity contribution in [3.8, 4) is 0 Å². The third kappa shape index (κ3) is 2.96. The number of anilines is 1. The fraction of sp³-hybridized carbons (Fsp3) is 0.600. The van der Waals surface area contributed by atoms with Gasteiger partial charge in [0.25, 0.3) is 0 Å². The van der Waals surface area contributed by atoms with Gasteiger partial charge in [-0.25, -0.2) is 9.97 Å². The van der Waals surface area contributed by atoms with E-state index in [4.69, 9.17) is 4.74 Å². The molecule has 4 heteroatoms. The Bertz CT molecular complexity index is 278. The van der Waals surface area contributed by atoms with Gasteiger partial charge in [-0.1, -0.05) is 6.92 Å². The SMILES string of the molecule is CCCNc1ccnc(C(C)OC)n1. The van der Waals surface area contributed by atoms with E-state index in [2.05, 4.69) is 22.2 Å². The molecular weight excluding hydrogens is 178 g/mol. The van der Waals surface area contributed by atoms with Crippen molar-refractivity contribution in [3.05, 3.63) is 18.1 Å². The lowest BCUT2D eigenvalue weighted by molar-refractivity contribution is 0.112. The summed E-state index contributed by atoms with van der Waals surface area (Å²) >= 11 is 0. The number of hydrogen-bond donors (Lipinski definition) is 1. The van der Waals surface area contributed by atoms with Crippen molar-refractivity contribution in [2.24, 2.45) is 0 Å². The van der Waals surface area contributed by atoms with Crippen molar-refractivity contribution >= 4 is 5.82 Å². The van der Waals surface area contributed by atoms with Crippen LogP contribution in [0.3, 0.4) is 0 Å². The third-order valence-corrected chi connectivity index (χ3v) is 1.95. The average Bonchev–Trinajstić information content (AvgIpc) is 2.25. The van der Waals surface area contributed by atoms with Crippen LogP contribution < -0.4 is 5.32 Å². The smallest absolute Gasteiger partial charge is 0.159 e. The molecule has 0 aliphatic heterocycles. The van der Waals surface area contributed by atoms with Crippen LogP contribution >= 0.6 is 0 Å². The molecule has 0 fully saturated rings. The van der Waals surface area contributed by atoms with Gasteiger partial charge in [-0.3, -0.25) is 0 Å². The van der Waals surface area contributed by atoms with E-state index >= 15 is 0 Å². The number of ether oxygens (including phenoxy) is 1. The largest absolute Gasteiger partial charge is 0.374 e. The molecule has 1 unspecified atom stereocenters. The van der Waals surface area contributed by atoms with Crippen molar-refractivity contribution in [1.29, 1.82) is 0 Å². The van der Waals surface area contributed by atoms with Crippen molar-refractivity contribution < 1.29 is 4.74 Å². The van der Waals surface area contributed by atoms with Crippen LogP contribution in [0.25, 0.3) is 0 Å². The van der Waals surface area contributed by atoms with Crippen LogP contribution in [0, 0.1) is 0 Å². The Balaban J connectivity index is 2.68. The first-order chi connectivity index (χ1) is 6.77. The van der Waals surface area contributed by atoms with E-state index in [1.807, 2.05) is 13.0 Å². The van der Waals surface area contributed by atoms with Crippen molar-refractivity contribution in [2.45, 2.75) is 26.4 Å². The Morgan fingerprint density at radius 1 is 1.57 bits per heavy atom. The van der Waals surface area contributed by atoms with E-state index in [0.29, 0.717) is 5.82 Å². The predicted octanol–water partition coefficient (Wildman–Crippen LogP) is 2.01. The van der Waals surface area contributed by atoms with Crippen LogP contribution in [0.4, 0.5) is 5.82 Å². The van der Waals surface area contributed by atoms with E-state index < -0.39 is 0 Å². The Kier molecular flexibility index (Phi) is 4.32. The maximum absolute atomic E-state index is 5.14. The lowest BCUT2D eigenvalue weighted by Gasteiger charge is -2.09. The first-order valence-electron chi connectivity index (χ1n) is 4.87. The highest BCUT2D eigenvalue weighted by Crippen LogP contribution is 2.12. The van der Waals surface area contributed by atoms with Gasteiger partial charge in [-0.2, -0.15) is 0 Å². The van der Waals surface area contributed by atoms with Crippen LogP contribution in [0.5, 0.6) is 0 Å². The minimum Gasteiger partial charge on any atom is -0.374 e.